The highest BCUT2D eigenvalue weighted by Gasteiger charge is 2.06. The third-order valence-electron chi connectivity index (χ3n) is 2.73. The molecule has 2 rings (SSSR count). The van der Waals surface area contributed by atoms with Gasteiger partial charge >= 0.3 is 0 Å². The maximum atomic E-state index is 5.87. The number of nitrogens with one attached hydrogen (secondary N) is 1. The van der Waals surface area contributed by atoms with E-state index in [0.717, 1.165) is 46.5 Å². The van der Waals surface area contributed by atoms with E-state index in [-0.39, 0.29) is 0 Å². The molecule has 1 aromatic heterocycles. The molecule has 5 heteroatoms. The smallest absolute Gasteiger partial charge is 0.147 e. The number of rotatable bonds is 7. The highest BCUT2D eigenvalue weighted by molar-refractivity contribution is 7.14. The number of aromatic nitrogens is 2. The van der Waals surface area contributed by atoms with Crippen molar-refractivity contribution in [1.29, 1.82) is 0 Å². The van der Waals surface area contributed by atoms with Gasteiger partial charge in [-0.3, -0.25) is 0 Å². The van der Waals surface area contributed by atoms with E-state index in [1.165, 1.54) is 6.42 Å². The Balaban J connectivity index is 1.86. The third-order valence-corrected chi connectivity index (χ3v) is 4.01. The number of nitrogens with zero attached hydrogens (tertiary/aromatic N) is 2. The van der Waals surface area contributed by atoms with Gasteiger partial charge in [-0.1, -0.05) is 42.0 Å². The van der Waals surface area contributed by atoms with Crippen LogP contribution < -0.4 is 5.32 Å². The van der Waals surface area contributed by atoms with Gasteiger partial charge in [0.05, 0.1) is 0 Å². The summed E-state index contributed by atoms with van der Waals surface area (Å²) in [4.78, 5) is 0. The molecule has 2 aromatic rings. The fraction of sp³-hybridized carbons (Fsp3) is 0.429. The van der Waals surface area contributed by atoms with Crippen LogP contribution in [0.4, 0.5) is 0 Å². The average molecular weight is 296 g/mol. The first-order valence-corrected chi connectivity index (χ1v) is 7.78. The maximum Gasteiger partial charge on any atom is 0.147 e. The lowest BCUT2D eigenvalue weighted by Gasteiger charge is -1.99. The van der Waals surface area contributed by atoms with Crippen LogP contribution in [0.15, 0.2) is 24.3 Å². The predicted octanol–water partition coefficient (Wildman–Crippen LogP) is 3.79. The van der Waals surface area contributed by atoms with Crippen LogP contribution >= 0.6 is 22.9 Å². The zero-order valence-electron chi connectivity index (χ0n) is 11.0. The van der Waals surface area contributed by atoms with Crippen molar-refractivity contribution in [1.82, 2.24) is 15.5 Å². The largest absolute Gasteiger partial charge is 0.317 e. The number of aryl methyl sites for hydroxylation is 1. The fourth-order valence-electron chi connectivity index (χ4n) is 1.73. The minimum Gasteiger partial charge on any atom is -0.317 e. The van der Waals surface area contributed by atoms with Crippen molar-refractivity contribution in [2.24, 2.45) is 0 Å². The molecule has 0 radical (unpaired) electrons. The summed E-state index contributed by atoms with van der Waals surface area (Å²) in [5.41, 5.74) is 1.08. The van der Waals surface area contributed by atoms with E-state index in [1.54, 1.807) is 11.3 Å². The standard InChI is InChI=1S/C14H18ClN3S/c1-2-9-16-10-3-4-13-17-18-14(19-13)11-5-7-12(15)8-6-11/h5-8,16H,2-4,9-10H2,1H3. The van der Waals surface area contributed by atoms with Gasteiger partial charge in [0.1, 0.15) is 10.0 Å². The summed E-state index contributed by atoms with van der Waals surface area (Å²) in [7, 11) is 0. The molecule has 0 bridgehead atoms. The van der Waals surface area contributed by atoms with Gasteiger partial charge in [0.2, 0.25) is 0 Å². The first kappa shape index (κ1) is 14.4. The summed E-state index contributed by atoms with van der Waals surface area (Å²) in [6.07, 6.45) is 3.27. The Morgan fingerprint density at radius 3 is 2.68 bits per heavy atom. The van der Waals surface area contributed by atoms with E-state index in [2.05, 4.69) is 22.4 Å². The molecule has 0 saturated heterocycles. The van der Waals surface area contributed by atoms with Gasteiger partial charge < -0.3 is 5.32 Å². The number of halogens is 1. The zero-order valence-corrected chi connectivity index (χ0v) is 12.6. The van der Waals surface area contributed by atoms with Crippen LogP contribution in [0, 0.1) is 0 Å². The van der Waals surface area contributed by atoms with Crippen LogP contribution in [0.5, 0.6) is 0 Å². The van der Waals surface area contributed by atoms with E-state index >= 15 is 0 Å². The van der Waals surface area contributed by atoms with Gasteiger partial charge in [-0.15, -0.1) is 10.2 Å². The average Bonchev–Trinajstić information content (AvgIpc) is 2.88. The number of hydrogen-bond donors (Lipinski definition) is 1. The molecular weight excluding hydrogens is 278 g/mol. The van der Waals surface area contributed by atoms with Gasteiger partial charge in [0, 0.05) is 17.0 Å². The Labute approximate surface area is 123 Å². The second-order valence-electron chi connectivity index (χ2n) is 4.36. The lowest BCUT2D eigenvalue weighted by atomic mass is 10.2. The van der Waals surface area contributed by atoms with Crippen molar-refractivity contribution >= 4 is 22.9 Å². The highest BCUT2D eigenvalue weighted by atomic mass is 35.5. The Bertz CT molecular complexity index is 496. The van der Waals surface area contributed by atoms with Crippen LogP contribution in [0.3, 0.4) is 0 Å². The van der Waals surface area contributed by atoms with Crippen LogP contribution in [0.2, 0.25) is 5.02 Å². The van der Waals surface area contributed by atoms with Crippen molar-refractivity contribution in [3.8, 4) is 10.6 Å². The van der Waals surface area contributed by atoms with E-state index in [1.807, 2.05) is 24.3 Å². The third kappa shape index (κ3) is 4.56. The molecule has 19 heavy (non-hydrogen) atoms. The van der Waals surface area contributed by atoms with E-state index in [9.17, 15) is 0 Å². The Hall–Kier alpha value is -0.970. The molecule has 3 nitrogen and oxygen atoms in total. The topological polar surface area (TPSA) is 37.8 Å². The quantitative estimate of drug-likeness (QED) is 0.790. The van der Waals surface area contributed by atoms with Crippen molar-refractivity contribution < 1.29 is 0 Å². The molecule has 0 atom stereocenters. The monoisotopic (exact) mass is 295 g/mol. The molecule has 0 aliphatic heterocycles. The van der Waals surface area contributed by atoms with Crippen LogP contribution in [-0.2, 0) is 6.42 Å². The van der Waals surface area contributed by atoms with Crippen molar-refractivity contribution in [2.45, 2.75) is 26.2 Å². The second-order valence-corrected chi connectivity index (χ2v) is 5.86. The Kier molecular flexibility index (Phi) is 5.76. The molecule has 0 fully saturated rings. The SMILES string of the molecule is CCCNCCCc1nnc(-c2ccc(Cl)cc2)s1. The minimum atomic E-state index is 0.746. The van der Waals surface area contributed by atoms with Crippen LogP contribution in [0.25, 0.3) is 10.6 Å². The fourth-order valence-corrected chi connectivity index (χ4v) is 2.74. The van der Waals surface area contributed by atoms with Gasteiger partial charge in [0.15, 0.2) is 0 Å². The van der Waals surface area contributed by atoms with E-state index < -0.39 is 0 Å². The minimum absolute atomic E-state index is 0.746. The zero-order chi connectivity index (χ0) is 13.5. The first-order chi connectivity index (χ1) is 9.29. The summed E-state index contributed by atoms with van der Waals surface area (Å²) in [5, 5.41) is 14.7. The molecule has 0 aliphatic rings. The molecule has 0 unspecified atom stereocenters. The van der Waals surface area contributed by atoms with Gasteiger partial charge in [-0.05, 0) is 38.1 Å². The summed E-state index contributed by atoms with van der Waals surface area (Å²) in [6, 6.07) is 7.73. The molecule has 1 heterocycles. The number of benzene rings is 1. The van der Waals surface area contributed by atoms with Crippen LogP contribution in [0.1, 0.15) is 24.8 Å². The Morgan fingerprint density at radius 2 is 1.95 bits per heavy atom. The lowest BCUT2D eigenvalue weighted by Crippen LogP contribution is -2.16. The van der Waals surface area contributed by atoms with E-state index in [4.69, 9.17) is 11.6 Å². The molecular formula is C14H18ClN3S. The summed E-state index contributed by atoms with van der Waals surface area (Å²) < 4.78 is 0. The molecule has 0 aliphatic carbocycles. The van der Waals surface area contributed by atoms with Gasteiger partial charge in [-0.25, -0.2) is 0 Å². The normalized spacial score (nSPS) is 10.8. The molecule has 0 saturated carbocycles. The Morgan fingerprint density at radius 1 is 1.16 bits per heavy atom. The molecule has 1 N–H and O–H groups in total. The van der Waals surface area contributed by atoms with Gasteiger partial charge in [0.25, 0.3) is 0 Å². The lowest BCUT2D eigenvalue weighted by molar-refractivity contribution is 0.637. The highest BCUT2D eigenvalue weighted by Crippen LogP contribution is 2.25. The van der Waals surface area contributed by atoms with E-state index in [0.29, 0.717) is 0 Å². The molecule has 0 spiro atoms. The van der Waals surface area contributed by atoms with Crippen molar-refractivity contribution in [3.63, 3.8) is 0 Å². The molecule has 102 valence electrons. The molecule has 0 amide bonds. The second kappa shape index (κ2) is 7.58. The van der Waals surface area contributed by atoms with Gasteiger partial charge in [-0.2, -0.15) is 0 Å². The summed E-state index contributed by atoms with van der Waals surface area (Å²) in [5.74, 6) is 0. The number of hydrogen-bond acceptors (Lipinski definition) is 4. The summed E-state index contributed by atoms with van der Waals surface area (Å²) in [6.45, 7) is 4.31. The van der Waals surface area contributed by atoms with Crippen molar-refractivity contribution in [2.75, 3.05) is 13.1 Å². The summed E-state index contributed by atoms with van der Waals surface area (Å²) >= 11 is 7.54. The molecule has 1 aromatic carbocycles. The predicted molar refractivity (Wildman–Crippen MR) is 81.8 cm³/mol. The maximum absolute atomic E-state index is 5.87. The van der Waals surface area contributed by atoms with Crippen molar-refractivity contribution in [3.05, 3.63) is 34.3 Å². The van der Waals surface area contributed by atoms with Crippen LogP contribution in [-0.4, -0.2) is 23.3 Å². The first-order valence-electron chi connectivity index (χ1n) is 6.58.